The molecule has 21 heavy (non-hydrogen) atoms. The summed E-state index contributed by atoms with van der Waals surface area (Å²) in [6.45, 7) is 4.54. The molecule has 0 saturated heterocycles. The first-order valence-electron chi connectivity index (χ1n) is 7.80. The van der Waals surface area contributed by atoms with Crippen LogP contribution in [0.3, 0.4) is 0 Å². The second-order valence-electron chi connectivity index (χ2n) is 5.86. The van der Waals surface area contributed by atoms with Gasteiger partial charge in [-0.3, -0.25) is 0 Å². The maximum atomic E-state index is 5.72. The standard InChI is InChI=1S/C19H23NO/c1-15-3-2-4-19(13-15)21-12-11-20-14-16-5-7-17(8-6-16)18-9-10-18/h2-8,13,18,20H,9-12,14H2,1H3. The molecule has 0 amide bonds. The van der Waals surface area contributed by atoms with Crippen LogP contribution in [0.25, 0.3) is 0 Å². The average Bonchev–Trinajstić information content (AvgIpc) is 3.32. The van der Waals surface area contributed by atoms with E-state index in [0.717, 1.165) is 24.8 Å². The van der Waals surface area contributed by atoms with Crippen LogP contribution < -0.4 is 10.1 Å². The third kappa shape index (κ3) is 4.33. The van der Waals surface area contributed by atoms with Crippen LogP contribution in [-0.2, 0) is 6.54 Å². The van der Waals surface area contributed by atoms with E-state index in [1.54, 1.807) is 0 Å². The minimum Gasteiger partial charge on any atom is -0.492 e. The van der Waals surface area contributed by atoms with Crippen molar-refractivity contribution >= 4 is 0 Å². The van der Waals surface area contributed by atoms with Gasteiger partial charge in [-0.25, -0.2) is 0 Å². The molecule has 0 radical (unpaired) electrons. The lowest BCUT2D eigenvalue weighted by Gasteiger charge is -2.08. The first-order chi connectivity index (χ1) is 10.3. The number of aryl methyl sites for hydroxylation is 1. The van der Waals surface area contributed by atoms with E-state index in [1.807, 2.05) is 12.1 Å². The largest absolute Gasteiger partial charge is 0.492 e. The Morgan fingerprint density at radius 1 is 1.10 bits per heavy atom. The first kappa shape index (κ1) is 14.2. The van der Waals surface area contributed by atoms with E-state index >= 15 is 0 Å². The van der Waals surface area contributed by atoms with E-state index in [9.17, 15) is 0 Å². The third-order valence-corrected chi connectivity index (χ3v) is 3.89. The molecule has 2 nitrogen and oxygen atoms in total. The van der Waals surface area contributed by atoms with Crippen LogP contribution in [-0.4, -0.2) is 13.2 Å². The molecule has 1 aliphatic rings. The summed E-state index contributed by atoms with van der Waals surface area (Å²) >= 11 is 0. The quantitative estimate of drug-likeness (QED) is 0.773. The van der Waals surface area contributed by atoms with Crippen molar-refractivity contribution in [3.8, 4) is 5.75 Å². The number of rotatable bonds is 7. The second-order valence-corrected chi connectivity index (χ2v) is 5.86. The number of hydrogen-bond donors (Lipinski definition) is 1. The lowest BCUT2D eigenvalue weighted by molar-refractivity contribution is 0.313. The van der Waals surface area contributed by atoms with Gasteiger partial charge in [0.2, 0.25) is 0 Å². The van der Waals surface area contributed by atoms with E-state index in [4.69, 9.17) is 4.74 Å². The fourth-order valence-electron chi connectivity index (χ4n) is 2.50. The van der Waals surface area contributed by atoms with Crippen molar-refractivity contribution in [3.05, 3.63) is 65.2 Å². The van der Waals surface area contributed by atoms with Gasteiger partial charge < -0.3 is 10.1 Å². The van der Waals surface area contributed by atoms with Gasteiger partial charge >= 0.3 is 0 Å². The Hall–Kier alpha value is -1.80. The van der Waals surface area contributed by atoms with Gasteiger partial charge in [-0.15, -0.1) is 0 Å². The van der Waals surface area contributed by atoms with Crippen LogP contribution in [0.5, 0.6) is 5.75 Å². The molecule has 3 rings (SSSR count). The van der Waals surface area contributed by atoms with Gasteiger partial charge in [0.15, 0.2) is 0 Å². The van der Waals surface area contributed by atoms with Gasteiger partial charge in [0.1, 0.15) is 12.4 Å². The van der Waals surface area contributed by atoms with Crippen molar-refractivity contribution in [2.75, 3.05) is 13.2 Å². The zero-order valence-electron chi connectivity index (χ0n) is 12.6. The normalized spacial score (nSPS) is 14.1. The summed E-state index contributed by atoms with van der Waals surface area (Å²) in [4.78, 5) is 0. The monoisotopic (exact) mass is 281 g/mol. The molecule has 110 valence electrons. The van der Waals surface area contributed by atoms with E-state index < -0.39 is 0 Å². The molecule has 2 aromatic carbocycles. The van der Waals surface area contributed by atoms with Crippen molar-refractivity contribution < 1.29 is 4.74 Å². The van der Waals surface area contributed by atoms with Gasteiger partial charge in [0.25, 0.3) is 0 Å². The smallest absolute Gasteiger partial charge is 0.119 e. The molecule has 0 aromatic heterocycles. The van der Waals surface area contributed by atoms with Crippen LogP contribution in [0, 0.1) is 6.92 Å². The van der Waals surface area contributed by atoms with E-state index in [1.165, 1.54) is 29.5 Å². The van der Waals surface area contributed by atoms with Crippen molar-refractivity contribution in [2.24, 2.45) is 0 Å². The van der Waals surface area contributed by atoms with Crippen LogP contribution in [0.15, 0.2) is 48.5 Å². The number of nitrogens with one attached hydrogen (secondary N) is 1. The molecule has 0 atom stereocenters. The maximum absolute atomic E-state index is 5.72. The summed E-state index contributed by atoms with van der Waals surface area (Å²) in [7, 11) is 0. The Bertz CT molecular complexity index is 572. The molecule has 1 fully saturated rings. The van der Waals surface area contributed by atoms with Gasteiger partial charge in [0, 0.05) is 13.1 Å². The number of benzene rings is 2. The highest BCUT2D eigenvalue weighted by molar-refractivity contribution is 5.28. The predicted molar refractivity (Wildman–Crippen MR) is 86.8 cm³/mol. The number of hydrogen-bond acceptors (Lipinski definition) is 2. The molecule has 0 heterocycles. The molecule has 0 bridgehead atoms. The van der Waals surface area contributed by atoms with Crippen molar-refractivity contribution in [1.29, 1.82) is 0 Å². The van der Waals surface area contributed by atoms with Crippen molar-refractivity contribution in [1.82, 2.24) is 5.32 Å². The first-order valence-corrected chi connectivity index (χ1v) is 7.80. The summed E-state index contributed by atoms with van der Waals surface area (Å²) in [5.41, 5.74) is 4.08. The van der Waals surface area contributed by atoms with Gasteiger partial charge in [-0.2, -0.15) is 0 Å². The Morgan fingerprint density at radius 3 is 2.62 bits per heavy atom. The van der Waals surface area contributed by atoms with Crippen LogP contribution >= 0.6 is 0 Å². The Morgan fingerprint density at radius 2 is 1.90 bits per heavy atom. The molecular formula is C19H23NO. The lowest BCUT2D eigenvalue weighted by Crippen LogP contribution is -2.20. The highest BCUT2D eigenvalue weighted by Crippen LogP contribution is 2.39. The van der Waals surface area contributed by atoms with E-state index in [2.05, 4.69) is 48.6 Å². The summed E-state index contributed by atoms with van der Waals surface area (Å²) in [5.74, 6) is 1.79. The lowest BCUT2D eigenvalue weighted by atomic mass is 10.1. The average molecular weight is 281 g/mol. The molecule has 0 aliphatic heterocycles. The highest BCUT2D eigenvalue weighted by atomic mass is 16.5. The van der Waals surface area contributed by atoms with Crippen LogP contribution in [0.4, 0.5) is 0 Å². The van der Waals surface area contributed by atoms with Gasteiger partial charge in [-0.05, 0) is 54.5 Å². The third-order valence-electron chi connectivity index (χ3n) is 3.89. The van der Waals surface area contributed by atoms with E-state index in [-0.39, 0.29) is 0 Å². The molecule has 2 heteroatoms. The van der Waals surface area contributed by atoms with Crippen molar-refractivity contribution in [2.45, 2.75) is 32.2 Å². The molecule has 0 unspecified atom stereocenters. The topological polar surface area (TPSA) is 21.3 Å². The molecular weight excluding hydrogens is 258 g/mol. The Labute approximate surface area is 127 Å². The van der Waals surface area contributed by atoms with Gasteiger partial charge in [-0.1, -0.05) is 36.4 Å². The molecule has 1 N–H and O–H groups in total. The maximum Gasteiger partial charge on any atom is 0.119 e. The molecule has 1 saturated carbocycles. The minimum absolute atomic E-state index is 0.698. The van der Waals surface area contributed by atoms with Crippen molar-refractivity contribution in [3.63, 3.8) is 0 Å². The molecule has 0 spiro atoms. The summed E-state index contributed by atoms with van der Waals surface area (Å²) in [5, 5.41) is 3.43. The second kappa shape index (κ2) is 6.77. The summed E-state index contributed by atoms with van der Waals surface area (Å²) < 4.78 is 5.72. The SMILES string of the molecule is Cc1cccc(OCCNCc2ccc(C3CC3)cc2)c1. The van der Waals surface area contributed by atoms with Gasteiger partial charge in [0.05, 0.1) is 0 Å². The summed E-state index contributed by atoms with van der Waals surface area (Å²) in [6, 6.07) is 17.2. The Balaban J connectivity index is 1.36. The molecule has 2 aromatic rings. The van der Waals surface area contributed by atoms with Crippen LogP contribution in [0.1, 0.15) is 35.4 Å². The summed E-state index contributed by atoms with van der Waals surface area (Å²) in [6.07, 6.45) is 2.74. The highest BCUT2D eigenvalue weighted by Gasteiger charge is 2.22. The Kier molecular flexibility index (Phi) is 4.56. The van der Waals surface area contributed by atoms with E-state index in [0.29, 0.717) is 6.61 Å². The zero-order valence-corrected chi connectivity index (χ0v) is 12.6. The predicted octanol–water partition coefficient (Wildman–Crippen LogP) is 4.04. The fraction of sp³-hybridized carbons (Fsp3) is 0.368. The fourth-order valence-corrected chi connectivity index (χ4v) is 2.50. The van der Waals surface area contributed by atoms with Crippen LogP contribution in [0.2, 0.25) is 0 Å². The minimum atomic E-state index is 0.698. The number of ether oxygens (including phenoxy) is 1. The zero-order chi connectivity index (χ0) is 14.5. The molecule has 1 aliphatic carbocycles.